The molecule has 1 fully saturated rings. The van der Waals surface area contributed by atoms with Crippen LogP contribution in [0.15, 0.2) is 82.4 Å². The summed E-state index contributed by atoms with van der Waals surface area (Å²) < 4.78 is 14.3. The van der Waals surface area contributed by atoms with Gasteiger partial charge in [-0.15, -0.1) is 0 Å². The van der Waals surface area contributed by atoms with E-state index in [2.05, 4.69) is 15.9 Å². The summed E-state index contributed by atoms with van der Waals surface area (Å²) in [6.45, 7) is 2.03. The average molecular weight is 565 g/mol. The van der Waals surface area contributed by atoms with Crippen LogP contribution in [0.4, 0.5) is 10.1 Å². The lowest BCUT2D eigenvalue weighted by Crippen LogP contribution is -2.32. The maximum absolute atomic E-state index is 13.3. The summed E-state index contributed by atoms with van der Waals surface area (Å²) in [6, 6.07) is 21.0. The Morgan fingerprint density at radius 2 is 1.67 bits per heavy atom. The Bertz CT molecular complexity index is 1360. The van der Waals surface area contributed by atoms with Gasteiger partial charge in [0.2, 0.25) is 11.8 Å². The first-order chi connectivity index (χ1) is 17.3. The highest BCUT2D eigenvalue weighted by atomic mass is 79.9. The maximum atomic E-state index is 13.3. The van der Waals surface area contributed by atoms with Crippen LogP contribution in [0.25, 0.3) is 0 Å². The minimum atomic E-state index is -0.751. The Morgan fingerprint density at radius 1 is 1.00 bits per heavy atom. The summed E-state index contributed by atoms with van der Waals surface area (Å²) in [6.07, 6.45) is 0.571. The first kappa shape index (κ1) is 24.4. The van der Waals surface area contributed by atoms with Gasteiger partial charge in [-0.3, -0.25) is 15.0 Å². The van der Waals surface area contributed by atoms with Crippen LogP contribution in [0.2, 0.25) is 0 Å². The number of nitrogens with one attached hydrogen (secondary N) is 1. The molecule has 2 aliphatic heterocycles. The van der Waals surface area contributed by atoms with E-state index in [1.165, 1.54) is 24.3 Å². The van der Waals surface area contributed by atoms with Gasteiger partial charge in [-0.1, -0.05) is 69.7 Å². The highest BCUT2D eigenvalue weighted by Gasteiger charge is 2.42. The van der Waals surface area contributed by atoms with Crippen LogP contribution in [0.5, 0.6) is 0 Å². The van der Waals surface area contributed by atoms with E-state index >= 15 is 0 Å². The zero-order valence-electron chi connectivity index (χ0n) is 19.3. The Balaban J connectivity index is 1.39. The van der Waals surface area contributed by atoms with E-state index in [0.29, 0.717) is 12.1 Å². The van der Waals surface area contributed by atoms with Crippen molar-refractivity contribution in [3.63, 3.8) is 0 Å². The number of halogens is 2. The monoisotopic (exact) mass is 564 g/mol. The van der Waals surface area contributed by atoms with E-state index in [9.17, 15) is 14.0 Å². The first-order valence-electron chi connectivity index (χ1n) is 11.4. The molecule has 2 atom stereocenters. The van der Waals surface area contributed by atoms with Crippen molar-refractivity contribution in [2.24, 2.45) is 5.10 Å². The van der Waals surface area contributed by atoms with Crippen LogP contribution >= 0.6 is 27.7 Å². The standard InChI is InChI=1S/C27H22BrFN4O2S/c1-16-2-4-17(5-3-16)22-14-23(18-6-8-19(28)9-7-18)33(31-22)27(30)36-24-15-25(34)32(26(24)35)21-12-10-20(29)11-13-21/h2-13,23-24,30H,14-15H2,1H3/t23-,24+/m1/s1. The highest BCUT2D eigenvalue weighted by molar-refractivity contribution is 9.10. The molecule has 2 aliphatic rings. The number of hydrogen-bond acceptors (Lipinski definition) is 5. The minimum absolute atomic E-state index is 0.0332. The van der Waals surface area contributed by atoms with Gasteiger partial charge in [-0.2, -0.15) is 5.10 Å². The number of imide groups is 1. The molecule has 182 valence electrons. The topological polar surface area (TPSA) is 76.8 Å². The second-order valence-electron chi connectivity index (χ2n) is 8.69. The summed E-state index contributed by atoms with van der Waals surface area (Å²) >= 11 is 4.50. The molecule has 1 saturated heterocycles. The van der Waals surface area contributed by atoms with Crippen molar-refractivity contribution in [1.29, 1.82) is 5.41 Å². The molecule has 0 saturated carbocycles. The molecule has 9 heteroatoms. The van der Waals surface area contributed by atoms with Gasteiger partial charge >= 0.3 is 0 Å². The smallest absolute Gasteiger partial charge is 0.247 e. The Morgan fingerprint density at radius 3 is 2.33 bits per heavy atom. The van der Waals surface area contributed by atoms with Crippen molar-refractivity contribution in [3.05, 3.63) is 99.8 Å². The molecule has 2 heterocycles. The number of anilines is 1. The van der Waals surface area contributed by atoms with Gasteiger partial charge in [0.1, 0.15) is 11.1 Å². The number of benzene rings is 3. The quantitative estimate of drug-likeness (QED) is 0.238. The molecule has 0 aromatic heterocycles. The van der Waals surface area contributed by atoms with Crippen molar-refractivity contribution in [2.75, 3.05) is 4.90 Å². The normalized spacial score (nSPS) is 19.7. The van der Waals surface area contributed by atoms with Gasteiger partial charge in [0.05, 0.1) is 17.4 Å². The second-order valence-corrected chi connectivity index (χ2v) is 10.8. The summed E-state index contributed by atoms with van der Waals surface area (Å²) in [5, 5.41) is 14.6. The molecule has 1 N–H and O–H groups in total. The summed E-state index contributed by atoms with van der Waals surface area (Å²) in [5.41, 5.74) is 4.32. The average Bonchev–Trinajstić information content (AvgIpc) is 3.42. The lowest BCUT2D eigenvalue weighted by molar-refractivity contribution is -0.121. The molecular formula is C27H22BrFN4O2S. The molecule has 0 spiro atoms. The number of thioether (sulfide) groups is 1. The van der Waals surface area contributed by atoms with Gasteiger partial charge in [0.15, 0.2) is 5.17 Å². The van der Waals surface area contributed by atoms with Crippen LogP contribution < -0.4 is 4.90 Å². The fourth-order valence-electron chi connectivity index (χ4n) is 4.31. The number of amides is 2. The third kappa shape index (κ3) is 4.85. The molecule has 3 aromatic carbocycles. The number of rotatable bonds is 4. The zero-order chi connectivity index (χ0) is 25.4. The van der Waals surface area contributed by atoms with Crippen molar-refractivity contribution in [2.45, 2.75) is 31.1 Å². The second kappa shape index (κ2) is 9.99. The lowest BCUT2D eigenvalue weighted by atomic mass is 9.98. The molecule has 0 bridgehead atoms. The number of hydrazone groups is 1. The SMILES string of the molecule is Cc1ccc(C2=NN(C(=N)S[C@H]3CC(=O)N(c4ccc(F)cc4)C3=O)[C@@H](c3ccc(Br)cc3)C2)cc1. The highest BCUT2D eigenvalue weighted by Crippen LogP contribution is 2.38. The zero-order valence-corrected chi connectivity index (χ0v) is 21.7. The molecule has 0 radical (unpaired) electrons. The summed E-state index contributed by atoms with van der Waals surface area (Å²) in [5.74, 6) is -1.23. The Labute approximate surface area is 220 Å². The van der Waals surface area contributed by atoms with Crippen LogP contribution in [-0.2, 0) is 9.59 Å². The Kier molecular flexibility index (Phi) is 6.77. The molecule has 0 unspecified atom stereocenters. The van der Waals surface area contributed by atoms with Gasteiger partial charge in [0.25, 0.3) is 0 Å². The molecule has 2 amide bonds. The van der Waals surface area contributed by atoms with Gasteiger partial charge < -0.3 is 0 Å². The number of carbonyl (C=O) groups is 2. The molecule has 3 aromatic rings. The first-order valence-corrected chi connectivity index (χ1v) is 13.0. The van der Waals surface area contributed by atoms with Crippen molar-refractivity contribution in [3.8, 4) is 0 Å². The number of carbonyl (C=O) groups excluding carboxylic acids is 2. The molecular weight excluding hydrogens is 543 g/mol. The summed E-state index contributed by atoms with van der Waals surface area (Å²) in [4.78, 5) is 26.8. The third-order valence-corrected chi connectivity index (χ3v) is 7.79. The van der Waals surface area contributed by atoms with E-state index in [0.717, 1.165) is 43.5 Å². The molecule has 6 nitrogen and oxygen atoms in total. The third-order valence-electron chi connectivity index (χ3n) is 6.20. The maximum Gasteiger partial charge on any atom is 0.247 e. The van der Waals surface area contributed by atoms with Crippen molar-refractivity contribution < 1.29 is 14.0 Å². The van der Waals surface area contributed by atoms with Gasteiger partial charge in [0, 0.05) is 17.3 Å². The van der Waals surface area contributed by atoms with Crippen LogP contribution in [0.3, 0.4) is 0 Å². The molecule has 36 heavy (non-hydrogen) atoms. The largest absolute Gasteiger partial charge is 0.277 e. The molecule has 0 aliphatic carbocycles. The summed E-state index contributed by atoms with van der Waals surface area (Å²) in [7, 11) is 0. The van der Waals surface area contributed by atoms with Crippen LogP contribution in [0.1, 0.15) is 35.6 Å². The van der Waals surface area contributed by atoms with E-state index in [1.54, 1.807) is 5.01 Å². The van der Waals surface area contributed by atoms with Gasteiger partial charge in [-0.25, -0.2) is 14.3 Å². The fourth-order valence-corrected chi connectivity index (χ4v) is 5.55. The van der Waals surface area contributed by atoms with E-state index < -0.39 is 17.0 Å². The number of amidine groups is 1. The lowest BCUT2D eigenvalue weighted by Gasteiger charge is -2.24. The predicted molar refractivity (Wildman–Crippen MR) is 144 cm³/mol. The number of hydrogen-bond donors (Lipinski definition) is 1. The minimum Gasteiger partial charge on any atom is -0.277 e. The number of nitrogens with zero attached hydrogens (tertiary/aromatic N) is 3. The van der Waals surface area contributed by atoms with Crippen LogP contribution in [-0.4, -0.2) is 33.0 Å². The van der Waals surface area contributed by atoms with E-state index in [1.807, 2.05) is 55.5 Å². The fraction of sp³-hybridized carbons (Fsp3) is 0.185. The van der Waals surface area contributed by atoms with Crippen molar-refractivity contribution >= 4 is 56.1 Å². The van der Waals surface area contributed by atoms with Crippen LogP contribution in [0, 0.1) is 18.2 Å². The number of aryl methyl sites for hydroxylation is 1. The van der Waals surface area contributed by atoms with E-state index in [-0.39, 0.29) is 23.5 Å². The predicted octanol–water partition coefficient (Wildman–Crippen LogP) is 6.05. The van der Waals surface area contributed by atoms with E-state index in [4.69, 9.17) is 10.5 Å². The van der Waals surface area contributed by atoms with Crippen molar-refractivity contribution in [1.82, 2.24) is 5.01 Å². The van der Waals surface area contributed by atoms with Gasteiger partial charge in [-0.05, 0) is 54.4 Å². The Hall–Kier alpha value is -3.30. The molecule has 5 rings (SSSR count).